The van der Waals surface area contributed by atoms with Crippen LogP contribution in [0.4, 0.5) is 17.3 Å². The highest BCUT2D eigenvalue weighted by atomic mass is 16.2. The number of hydrogen-bond acceptors (Lipinski definition) is 7. The van der Waals surface area contributed by atoms with Gasteiger partial charge in [0.25, 0.3) is 5.91 Å². The Labute approximate surface area is 153 Å². The number of likely N-dealkylation sites (tertiary alicyclic amines) is 1. The Hall–Kier alpha value is -2.90. The summed E-state index contributed by atoms with van der Waals surface area (Å²) in [6, 6.07) is 4.33. The molecule has 3 heterocycles. The molecular weight excluding hydrogens is 330 g/mol. The fourth-order valence-electron chi connectivity index (χ4n) is 3.08. The van der Waals surface area contributed by atoms with Gasteiger partial charge in [0.15, 0.2) is 11.5 Å². The summed E-state index contributed by atoms with van der Waals surface area (Å²) in [7, 11) is 3.94. The van der Waals surface area contributed by atoms with E-state index >= 15 is 0 Å². The van der Waals surface area contributed by atoms with E-state index in [4.69, 9.17) is 5.73 Å². The zero-order valence-electron chi connectivity index (χ0n) is 15.2. The van der Waals surface area contributed by atoms with Crippen molar-refractivity contribution in [3.63, 3.8) is 0 Å². The Kier molecular flexibility index (Phi) is 5.50. The molecule has 8 nitrogen and oxygen atoms in total. The summed E-state index contributed by atoms with van der Waals surface area (Å²) < 4.78 is 0. The van der Waals surface area contributed by atoms with Crippen molar-refractivity contribution < 1.29 is 4.79 Å². The Morgan fingerprint density at radius 3 is 2.69 bits per heavy atom. The van der Waals surface area contributed by atoms with E-state index < -0.39 is 0 Å². The SMILES string of the molecule is CN(C)c1ccc(N[C@@H]2CCCN(C(=O)c3nccnc3N)CC2)cn1. The lowest BCUT2D eigenvalue weighted by Gasteiger charge is -2.21. The first-order valence-corrected chi connectivity index (χ1v) is 8.80. The number of nitrogen functional groups attached to an aromatic ring is 1. The van der Waals surface area contributed by atoms with Gasteiger partial charge in [0.1, 0.15) is 5.82 Å². The number of pyridine rings is 1. The van der Waals surface area contributed by atoms with Crippen molar-refractivity contribution in [2.45, 2.75) is 25.3 Å². The molecule has 0 aromatic carbocycles. The van der Waals surface area contributed by atoms with Gasteiger partial charge in [-0.3, -0.25) is 4.79 Å². The van der Waals surface area contributed by atoms with Crippen LogP contribution in [0.3, 0.4) is 0 Å². The van der Waals surface area contributed by atoms with Crippen LogP contribution in [0.5, 0.6) is 0 Å². The zero-order chi connectivity index (χ0) is 18.5. The number of hydrogen-bond donors (Lipinski definition) is 2. The maximum absolute atomic E-state index is 12.6. The minimum atomic E-state index is -0.145. The zero-order valence-corrected chi connectivity index (χ0v) is 15.2. The Balaban J connectivity index is 1.59. The summed E-state index contributed by atoms with van der Waals surface area (Å²) in [5, 5.41) is 3.53. The molecule has 2 aromatic rings. The van der Waals surface area contributed by atoms with Crippen molar-refractivity contribution in [3.8, 4) is 0 Å². The predicted octanol–water partition coefficient (Wildman–Crippen LogP) is 1.63. The third-order valence-corrected chi connectivity index (χ3v) is 4.52. The quantitative estimate of drug-likeness (QED) is 0.859. The minimum absolute atomic E-state index is 0.145. The van der Waals surface area contributed by atoms with Crippen molar-refractivity contribution in [3.05, 3.63) is 36.4 Å². The number of nitrogens with zero attached hydrogens (tertiary/aromatic N) is 5. The first-order valence-electron chi connectivity index (χ1n) is 8.80. The monoisotopic (exact) mass is 355 g/mol. The number of nitrogens with one attached hydrogen (secondary N) is 1. The van der Waals surface area contributed by atoms with E-state index in [1.165, 1.54) is 12.4 Å². The van der Waals surface area contributed by atoms with Crippen molar-refractivity contribution in [2.75, 3.05) is 43.1 Å². The molecule has 3 N–H and O–H groups in total. The molecule has 26 heavy (non-hydrogen) atoms. The largest absolute Gasteiger partial charge is 0.382 e. The number of anilines is 3. The second-order valence-corrected chi connectivity index (χ2v) is 6.65. The Bertz CT molecular complexity index is 747. The summed E-state index contributed by atoms with van der Waals surface area (Å²) in [4.78, 5) is 28.9. The van der Waals surface area contributed by atoms with Crippen molar-refractivity contribution in [1.82, 2.24) is 19.9 Å². The number of carbonyl (C=O) groups excluding carboxylic acids is 1. The van der Waals surface area contributed by atoms with Gasteiger partial charge in [-0.25, -0.2) is 15.0 Å². The number of amides is 1. The molecule has 1 aliphatic rings. The van der Waals surface area contributed by atoms with Crippen LogP contribution in [-0.4, -0.2) is 59.0 Å². The molecule has 0 spiro atoms. The number of nitrogens with two attached hydrogens (primary N) is 1. The maximum Gasteiger partial charge on any atom is 0.276 e. The van der Waals surface area contributed by atoms with Crippen LogP contribution in [0.15, 0.2) is 30.7 Å². The molecule has 3 rings (SSSR count). The molecule has 0 bridgehead atoms. The van der Waals surface area contributed by atoms with E-state index in [1.807, 2.05) is 42.2 Å². The molecule has 2 aromatic heterocycles. The number of rotatable bonds is 4. The van der Waals surface area contributed by atoms with E-state index in [0.717, 1.165) is 30.8 Å². The fraction of sp³-hybridized carbons (Fsp3) is 0.444. The van der Waals surface area contributed by atoms with E-state index in [1.54, 1.807) is 0 Å². The molecule has 1 fully saturated rings. The molecule has 8 heteroatoms. The molecule has 1 amide bonds. The van der Waals surface area contributed by atoms with Gasteiger partial charge in [-0.15, -0.1) is 0 Å². The minimum Gasteiger partial charge on any atom is -0.382 e. The van der Waals surface area contributed by atoms with Crippen molar-refractivity contribution in [2.24, 2.45) is 0 Å². The lowest BCUT2D eigenvalue weighted by atomic mass is 10.1. The van der Waals surface area contributed by atoms with Gasteiger partial charge in [-0.2, -0.15) is 0 Å². The van der Waals surface area contributed by atoms with E-state index in [2.05, 4.69) is 20.3 Å². The molecule has 0 radical (unpaired) electrons. The van der Waals surface area contributed by atoms with Crippen LogP contribution < -0.4 is 16.0 Å². The van der Waals surface area contributed by atoms with Crippen LogP contribution in [0, 0.1) is 0 Å². The van der Waals surface area contributed by atoms with Crippen LogP contribution in [-0.2, 0) is 0 Å². The third kappa shape index (κ3) is 4.19. The summed E-state index contributed by atoms with van der Waals surface area (Å²) >= 11 is 0. The first kappa shape index (κ1) is 17.9. The smallest absolute Gasteiger partial charge is 0.276 e. The molecule has 0 aliphatic carbocycles. The van der Waals surface area contributed by atoms with E-state index in [0.29, 0.717) is 19.1 Å². The van der Waals surface area contributed by atoms with Gasteiger partial charge in [-0.05, 0) is 31.4 Å². The summed E-state index contributed by atoms with van der Waals surface area (Å²) in [5.41, 5.74) is 7.02. The van der Waals surface area contributed by atoms with Gasteiger partial charge in [0, 0.05) is 45.6 Å². The number of carbonyl (C=O) groups is 1. The van der Waals surface area contributed by atoms with E-state index in [9.17, 15) is 4.79 Å². The van der Waals surface area contributed by atoms with Gasteiger partial charge in [-0.1, -0.05) is 0 Å². The molecule has 1 aliphatic heterocycles. The van der Waals surface area contributed by atoms with Gasteiger partial charge < -0.3 is 20.9 Å². The molecule has 0 unspecified atom stereocenters. The Morgan fingerprint density at radius 1 is 1.19 bits per heavy atom. The second-order valence-electron chi connectivity index (χ2n) is 6.65. The van der Waals surface area contributed by atoms with Crippen molar-refractivity contribution >= 4 is 23.2 Å². The fourth-order valence-corrected chi connectivity index (χ4v) is 3.08. The summed E-state index contributed by atoms with van der Waals surface area (Å²) in [6.45, 7) is 1.36. The highest BCUT2D eigenvalue weighted by Crippen LogP contribution is 2.19. The summed E-state index contributed by atoms with van der Waals surface area (Å²) in [5.74, 6) is 0.964. The van der Waals surface area contributed by atoms with Crippen LogP contribution in [0.1, 0.15) is 29.8 Å². The van der Waals surface area contributed by atoms with Crippen LogP contribution >= 0.6 is 0 Å². The topological polar surface area (TPSA) is 100 Å². The van der Waals surface area contributed by atoms with Gasteiger partial charge in [0.2, 0.25) is 0 Å². The normalized spacial score (nSPS) is 17.5. The maximum atomic E-state index is 12.6. The van der Waals surface area contributed by atoms with E-state index in [-0.39, 0.29) is 17.4 Å². The molecule has 138 valence electrons. The average molecular weight is 355 g/mol. The average Bonchev–Trinajstić information content (AvgIpc) is 2.88. The molecule has 0 saturated carbocycles. The highest BCUT2D eigenvalue weighted by Gasteiger charge is 2.24. The summed E-state index contributed by atoms with van der Waals surface area (Å²) in [6.07, 6.45) is 7.62. The second kappa shape index (κ2) is 7.99. The number of aromatic nitrogens is 3. The van der Waals surface area contributed by atoms with Gasteiger partial charge in [0.05, 0.1) is 11.9 Å². The van der Waals surface area contributed by atoms with Crippen LogP contribution in [0.25, 0.3) is 0 Å². The van der Waals surface area contributed by atoms with Gasteiger partial charge >= 0.3 is 0 Å². The lowest BCUT2D eigenvalue weighted by molar-refractivity contribution is 0.0756. The standard InChI is InChI=1S/C18H25N7O/c1-24(2)15-6-5-14(12-22-15)23-13-4-3-10-25(11-7-13)18(26)16-17(19)21-9-8-20-16/h5-6,8-9,12-13,23H,3-4,7,10-11H2,1-2H3,(H2,19,21)/t13-/m1/s1. The Morgan fingerprint density at radius 2 is 2.00 bits per heavy atom. The molecular formula is C18H25N7O. The third-order valence-electron chi connectivity index (χ3n) is 4.52. The first-order chi connectivity index (χ1) is 12.5. The predicted molar refractivity (Wildman–Crippen MR) is 102 cm³/mol. The van der Waals surface area contributed by atoms with Crippen LogP contribution in [0.2, 0.25) is 0 Å². The van der Waals surface area contributed by atoms with Crippen molar-refractivity contribution in [1.29, 1.82) is 0 Å². The lowest BCUT2D eigenvalue weighted by Crippen LogP contribution is -2.34. The highest BCUT2D eigenvalue weighted by molar-refractivity contribution is 5.96. The molecule has 1 atom stereocenters. The molecule has 1 saturated heterocycles.